The molecule has 0 radical (unpaired) electrons. The Morgan fingerprint density at radius 2 is 1.88 bits per heavy atom. The highest BCUT2D eigenvalue weighted by atomic mass is 28.2. The van der Waals surface area contributed by atoms with Crippen LogP contribution >= 0.6 is 0 Å². The van der Waals surface area contributed by atoms with Crippen molar-refractivity contribution in [1.29, 1.82) is 0 Å². The fourth-order valence-corrected chi connectivity index (χ4v) is 0.897. The SMILES string of the molecule is [SiH3]N=NC1C=CC=C1. The lowest BCUT2D eigenvalue weighted by atomic mass is 10.4. The van der Waals surface area contributed by atoms with Crippen LogP contribution in [-0.2, 0) is 0 Å². The Hall–Kier alpha value is -0.703. The van der Waals surface area contributed by atoms with Gasteiger partial charge >= 0.3 is 0 Å². The van der Waals surface area contributed by atoms with Crippen molar-refractivity contribution in [2.45, 2.75) is 6.04 Å². The average molecular weight is 124 g/mol. The highest BCUT2D eigenvalue weighted by Crippen LogP contribution is 2.02. The quantitative estimate of drug-likeness (QED) is 0.353. The average Bonchev–Trinajstić information content (AvgIpc) is 2.19. The van der Waals surface area contributed by atoms with Gasteiger partial charge in [0.1, 0.15) is 6.04 Å². The van der Waals surface area contributed by atoms with Gasteiger partial charge in [-0.25, -0.2) is 4.78 Å². The molecular weight excluding hydrogens is 116 g/mol. The third kappa shape index (κ3) is 1.13. The Bertz CT molecular complexity index is 137. The minimum Gasteiger partial charge on any atom is -0.250 e. The summed E-state index contributed by atoms with van der Waals surface area (Å²) < 4.78 is 3.78. The van der Waals surface area contributed by atoms with Crippen molar-refractivity contribution < 1.29 is 0 Å². The van der Waals surface area contributed by atoms with Crippen molar-refractivity contribution in [1.82, 2.24) is 0 Å². The van der Waals surface area contributed by atoms with Gasteiger partial charge in [-0.2, -0.15) is 5.11 Å². The van der Waals surface area contributed by atoms with Crippen LogP contribution in [0.3, 0.4) is 0 Å². The van der Waals surface area contributed by atoms with Crippen LogP contribution in [0.2, 0.25) is 0 Å². The molecule has 0 saturated carbocycles. The standard InChI is InChI=1S/C5H8N2Si/c8-7-6-5-3-1-2-4-5/h1-5H,8H3. The lowest BCUT2D eigenvalue weighted by Gasteiger charge is -1.89. The molecule has 8 heavy (non-hydrogen) atoms. The lowest BCUT2D eigenvalue weighted by Crippen LogP contribution is -1.87. The van der Waals surface area contributed by atoms with Gasteiger partial charge in [-0.15, -0.1) is 0 Å². The zero-order valence-electron chi connectivity index (χ0n) is 4.78. The molecule has 1 aliphatic rings. The molecule has 42 valence electrons. The first kappa shape index (κ1) is 5.43. The van der Waals surface area contributed by atoms with E-state index in [0.717, 1.165) is 10.4 Å². The summed E-state index contributed by atoms with van der Waals surface area (Å²) in [7, 11) is 0.814. The van der Waals surface area contributed by atoms with E-state index in [4.69, 9.17) is 0 Å². The first-order valence-electron chi connectivity index (χ1n) is 2.57. The van der Waals surface area contributed by atoms with Gasteiger partial charge in [0.05, 0.1) is 0 Å². The van der Waals surface area contributed by atoms with Gasteiger partial charge in [0.15, 0.2) is 10.4 Å². The van der Waals surface area contributed by atoms with Crippen LogP contribution < -0.4 is 0 Å². The maximum absolute atomic E-state index is 3.94. The molecule has 0 saturated heterocycles. The molecule has 0 bridgehead atoms. The summed E-state index contributed by atoms with van der Waals surface area (Å²) in [5, 5.41) is 3.94. The van der Waals surface area contributed by atoms with E-state index in [9.17, 15) is 0 Å². The van der Waals surface area contributed by atoms with E-state index in [1.54, 1.807) is 0 Å². The molecule has 0 fully saturated rings. The second-order valence-electron chi connectivity index (χ2n) is 1.58. The predicted octanol–water partition coefficient (Wildman–Crippen LogP) is 0.214. The van der Waals surface area contributed by atoms with Gasteiger partial charge in [0.25, 0.3) is 0 Å². The lowest BCUT2D eigenvalue weighted by molar-refractivity contribution is 0.964. The minimum atomic E-state index is 0.243. The molecule has 0 aromatic heterocycles. The summed E-state index contributed by atoms with van der Waals surface area (Å²) in [4.78, 5) is 0. The van der Waals surface area contributed by atoms with E-state index < -0.39 is 0 Å². The van der Waals surface area contributed by atoms with E-state index in [1.165, 1.54) is 0 Å². The van der Waals surface area contributed by atoms with Crippen LogP contribution in [0, 0.1) is 0 Å². The maximum atomic E-state index is 3.94. The van der Waals surface area contributed by atoms with E-state index in [-0.39, 0.29) is 6.04 Å². The Morgan fingerprint density at radius 1 is 1.25 bits per heavy atom. The molecule has 1 rings (SSSR count). The summed E-state index contributed by atoms with van der Waals surface area (Å²) >= 11 is 0. The summed E-state index contributed by atoms with van der Waals surface area (Å²) in [5.74, 6) is 0. The largest absolute Gasteiger partial charge is 0.250 e. The fraction of sp³-hybridized carbons (Fsp3) is 0.200. The first-order chi connectivity index (χ1) is 3.93. The van der Waals surface area contributed by atoms with Gasteiger partial charge in [0, 0.05) is 0 Å². The second kappa shape index (κ2) is 2.57. The molecule has 0 aromatic rings. The van der Waals surface area contributed by atoms with Crippen molar-refractivity contribution in [2.75, 3.05) is 0 Å². The summed E-state index contributed by atoms with van der Waals surface area (Å²) in [6, 6.07) is 0.243. The molecule has 0 aromatic carbocycles. The summed E-state index contributed by atoms with van der Waals surface area (Å²) in [5.41, 5.74) is 0. The highest BCUT2D eigenvalue weighted by molar-refractivity contribution is 6.04. The zero-order chi connectivity index (χ0) is 5.82. The minimum absolute atomic E-state index is 0.243. The van der Waals surface area contributed by atoms with Gasteiger partial charge in [-0.05, 0) is 0 Å². The maximum Gasteiger partial charge on any atom is 0.163 e. The van der Waals surface area contributed by atoms with E-state index in [1.807, 2.05) is 24.3 Å². The highest BCUT2D eigenvalue weighted by Gasteiger charge is 1.96. The van der Waals surface area contributed by atoms with Gasteiger partial charge in [-0.1, -0.05) is 24.3 Å². The monoisotopic (exact) mass is 124 g/mol. The van der Waals surface area contributed by atoms with Crippen LogP contribution in [0.1, 0.15) is 0 Å². The van der Waals surface area contributed by atoms with E-state index >= 15 is 0 Å². The number of allylic oxidation sites excluding steroid dienone is 2. The molecule has 0 aliphatic heterocycles. The Labute approximate surface area is 51.5 Å². The Balaban J connectivity index is 2.49. The number of rotatable bonds is 1. The van der Waals surface area contributed by atoms with Crippen LogP contribution in [0.25, 0.3) is 0 Å². The van der Waals surface area contributed by atoms with E-state index in [2.05, 4.69) is 9.89 Å². The van der Waals surface area contributed by atoms with Gasteiger partial charge in [-0.3, -0.25) is 0 Å². The Kier molecular flexibility index (Phi) is 1.74. The number of hydrogen-bond acceptors (Lipinski definition) is 2. The normalized spacial score (nSPS) is 19.5. The van der Waals surface area contributed by atoms with Gasteiger partial charge in [0.2, 0.25) is 0 Å². The molecule has 2 nitrogen and oxygen atoms in total. The Morgan fingerprint density at radius 3 is 2.38 bits per heavy atom. The van der Waals surface area contributed by atoms with Crippen molar-refractivity contribution in [3.63, 3.8) is 0 Å². The van der Waals surface area contributed by atoms with E-state index in [0.29, 0.717) is 0 Å². The van der Waals surface area contributed by atoms with Crippen LogP contribution in [0.5, 0.6) is 0 Å². The molecule has 0 spiro atoms. The predicted molar refractivity (Wildman–Crippen MR) is 36.9 cm³/mol. The second-order valence-corrected chi connectivity index (χ2v) is 1.98. The van der Waals surface area contributed by atoms with Crippen LogP contribution in [-0.4, -0.2) is 16.4 Å². The third-order valence-electron chi connectivity index (χ3n) is 0.976. The van der Waals surface area contributed by atoms with Crippen molar-refractivity contribution >= 4 is 10.4 Å². The van der Waals surface area contributed by atoms with Crippen LogP contribution in [0.4, 0.5) is 0 Å². The van der Waals surface area contributed by atoms with Crippen LogP contribution in [0.15, 0.2) is 34.2 Å². The number of nitrogens with zero attached hydrogens (tertiary/aromatic N) is 2. The fourth-order valence-electron chi connectivity index (χ4n) is 0.630. The molecule has 0 N–H and O–H groups in total. The number of hydrogen-bond donors (Lipinski definition) is 0. The topological polar surface area (TPSA) is 24.7 Å². The zero-order valence-corrected chi connectivity index (χ0v) is 6.78. The molecule has 1 aliphatic carbocycles. The van der Waals surface area contributed by atoms with Crippen molar-refractivity contribution in [2.24, 2.45) is 9.89 Å². The van der Waals surface area contributed by atoms with Crippen molar-refractivity contribution in [3.8, 4) is 0 Å². The third-order valence-corrected chi connectivity index (χ3v) is 1.21. The summed E-state index contributed by atoms with van der Waals surface area (Å²) in [6.07, 6.45) is 8.00. The molecule has 0 unspecified atom stereocenters. The molecule has 3 heteroatoms. The molecule has 0 atom stereocenters. The first-order valence-corrected chi connectivity index (χ1v) is 3.47. The smallest absolute Gasteiger partial charge is 0.163 e. The molecule has 0 heterocycles. The van der Waals surface area contributed by atoms with Gasteiger partial charge < -0.3 is 0 Å². The molecular formula is C5H8N2Si. The van der Waals surface area contributed by atoms with Crippen molar-refractivity contribution in [3.05, 3.63) is 24.3 Å². The molecule has 0 amide bonds. The summed E-state index contributed by atoms with van der Waals surface area (Å²) in [6.45, 7) is 0.